The number of carbonyl (C=O) groups is 2. The summed E-state index contributed by atoms with van der Waals surface area (Å²) in [6.45, 7) is 1.77. The Kier molecular flexibility index (Phi) is 6.81. The van der Waals surface area contributed by atoms with E-state index in [0.717, 1.165) is 10.0 Å². The fourth-order valence-electron chi connectivity index (χ4n) is 1.94. The van der Waals surface area contributed by atoms with Crippen molar-refractivity contribution in [3.05, 3.63) is 58.6 Å². The number of rotatable bonds is 7. The molecule has 0 bridgehead atoms. The minimum absolute atomic E-state index is 0.0828. The molecule has 2 rings (SSSR count). The number of hydrogen-bond acceptors (Lipinski definition) is 4. The van der Waals surface area contributed by atoms with E-state index in [4.69, 9.17) is 9.47 Å². The first kappa shape index (κ1) is 18.0. The third-order valence-electron chi connectivity index (χ3n) is 3.14. The second-order valence-electron chi connectivity index (χ2n) is 5.08. The Morgan fingerprint density at radius 2 is 1.88 bits per heavy atom. The molecule has 0 heterocycles. The van der Waals surface area contributed by atoms with Crippen LogP contribution in [0.3, 0.4) is 0 Å². The zero-order chi connectivity index (χ0) is 17.4. The number of benzene rings is 2. The molecule has 2 aromatic carbocycles. The summed E-state index contributed by atoms with van der Waals surface area (Å²) in [6, 6.07) is 14.7. The standard InChI is InChI=1S/C18H18BrNO4/c1-13-11-14(19)7-8-16(13)20-17(21)12-24-18(22)9-10-23-15-5-3-2-4-6-15/h2-8,11H,9-10,12H2,1H3,(H,20,21). The summed E-state index contributed by atoms with van der Waals surface area (Å²) in [6.07, 6.45) is 0.0828. The number of hydrogen-bond donors (Lipinski definition) is 1. The predicted molar refractivity (Wildman–Crippen MR) is 95.0 cm³/mol. The summed E-state index contributed by atoms with van der Waals surface area (Å²) >= 11 is 3.36. The van der Waals surface area contributed by atoms with Crippen molar-refractivity contribution < 1.29 is 19.1 Å². The fourth-order valence-corrected chi connectivity index (χ4v) is 2.42. The van der Waals surface area contributed by atoms with E-state index in [-0.39, 0.29) is 25.5 Å². The van der Waals surface area contributed by atoms with Crippen molar-refractivity contribution in [3.8, 4) is 5.75 Å². The summed E-state index contributed by atoms with van der Waals surface area (Å²) in [4.78, 5) is 23.4. The van der Waals surface area contributed by atoms with Crippen molar-refractivity contribution in [1.29, 1.82) is 0 Å². The first-order valence-electron chi connectivity index (χ1n) is 7.44. The third-order valence-corrected chi connectivity index (χ3v) is 3.64. The topological polar surface area (TPSA) is 64.6 Å². The van der Waals surface area contributed by atoms with E-state index < -0.39 is 5.97 Å². The Bertz CT molecular complexity index is 703. The normalized spacial score (nSPS) is 10.1. The predicted octanol–water partition coefficient (Wildman–Crippen LogP) is 3.71. The number of anilines is 1. The molecule has 0 saturated heterocycles. The molecule has 1 N–H and O–H groups in total. The van der Waals surface area contributed by atoms with Gasteiger partial charge in [0.2, 0.25) is 0 Å². The van der Waals surface area contributed by atoms with Gasteiger partial charge in [-0.05, 0) is 42.8 Å². The average Bonchev–Trinajstić information content (AvgIpc) is 2.56. The molecule has 0 unspecified atom stereocenters. The van der Waals surface area contributed by atoms with Crippen LogP contribution in [0.25, 0.3) is 0 Å². The molecule has 5 nitrogen and oxygen atoms in total. The third kappa shape index (κ3) is 6.04. The number of nitrogens with one attached hydrogen (secondary N) is 1. The molecule has 0 saturated carbocycles. The second-order valence-corrected chi connectivity index (χ2v) is 6.00. The van der Waals surface area contributed by atoms with Crippen LogP contribution in [0.15, 0.2) is 53.0 Å². The molecular weight excluding hydrogens is 374 g/mol. The van der Waals surface area contributed by atoms with Crippen LogP contribution < -0.4 is 10.1 Å². The molecule has 0 radical (unpaired) electrons. The smallest absolute Gasteiger partial charge is 0.309 e. The van der Waals surface area contributed by atoms with Crippen LogP contribution in [0.5, 0.6) is 5.75 Å². The molecule has 2 aromatic rings. The van der Waals surface area contributed by atoms with Gasteiger partial charge in [0.05, 0.1) is 13.0 Å². The maximum Gasteiger partial charge on any atom is 0.309 e. The van der Waals surface area contributed by atoms with Crippen LogP contribution in [0.1, 0.15) is 12.0 Å². The molecule has 1 amide bonds. The lowest BCUT2D eigenvalue weighted by molar-refractivity contribution is -0.147. The lowest BCUT2D eigenvalue weighted by Gasteiger charge is -2.09. The Morgan fingerprint density at radius 3 is 2.58 bits per heavy atom. The van der Waals surface area contributed by atoms with E-state index >= 15 is 0 Å². The fraction of sp³-hybridized carbons (Fsp3) is 0.222. The number of aryl methyl sites for hydroxylation is 1. The lowest BCUT2D eigenvalue weighted by Crippen LogP contribution is -2.22. The highest BCUT2D eigenvalue weighted by Crippen LogP contribution is 2.19. The Morgan fingerprint density at radius 1 is 1.12 bits per heavy atom. The molecule has 126 valence electrons. The molecule has 0 atom stereocenters. The molecule has 0 aliphatic carbocycles. The largest absolute Gasteiger partial charge is 0.493 e. The number of esters is 1. The van der Waals surface area contributed by atoms with Gasteiger partial charge in [-0.3, -0.25) is 9.59 Å². The van der Waals surface area contributed by atoms with Gasteiger partial charge in [0.1, 0.15) is 5.75 Å². The lowest BCUT2D eigenvalue weighted by atomic mass is 10.2. The SMILES string of the molecule is Cc1cc(Br)ccc1NC(=O)COC(=O)CCOc1ccccc1. The first-order chi connectivity index (χ1) is 11.5. The van der Waals surface area contributed by atoms with Crippen molar-refractivity contribution in [3.63, 3.8) is 0 Å². The molecule has 0 spiro atoms. The van der Waals surface area contributed by atoms with Crippen molar-refractivity contribution >= 4 is 33.5 Å². The minimum Gasteiger partial charge on any atom is -0.493 e. The van der Waals surface area contributed by atoms with E-state index in [1.165, 1.54) is 0 Å². The monoisotopic (exact) mass is 391 g/mol. The zero-order valence-corrected chi connectivity index (χ0v) is 14.8. The number of carbonyl (C=O) groups excluding carboxylic acids is 2. The van der Waals surface area contributed by atoms with Crippen LogP contribution in [-0.4, -0.2) is 25.1 Å². The van der Waals surface area contributed by atoms with Crippen molar-refractivity contribution in [2.75, 3.05) is 18.5 Å². The van der Waals surface area contributed by atoms with Gasteiger partial charge in [-0.1, -0.05) is 34.1 Å². The molecular formula is C18H18BrNO4. The molecule has 0 aromatic heterocycles. The van der Waals surface area contributed by atoms with Gasteiger partial charge < -0.3 is 14.8 Å². The molecule has 0 aliphatic heterocycles. The second kappa shape index (κ2) is 9.08. The molecule has 0 aliphatic rings. The van der Waals surface area contributed by atoms with Gasteiger partial charge in [0.25, 0.3) is 5.91 Å². The minimum atomic E-state index is -0.478. The van der Waals surface area contributed by atoms with E-state index in [2.05, 4.69) is 21.2 Å². The highest BCUT2D eigenvalue weighted by molar-refractivity contribution is 9.10. The van der Waals surface area contributed by atoms with Gasteiger partial charge in [-0.25, -0.2) is 0 Å². The van der Waals surface area contributed by atoms with Gasteiger partial charge in [-0.2, -0.15) is 0 Å². The summed E-state index contributed by atoms with van der Waals surface area (Å²) in [5.41, 5.74) is 1.60. The van der Waals surface area contributed by atoms with E-state index in [1.807, 2.05) is 37.3 Å². The Labute approximate surface area is 149 Å². The molecule has 6 heteroatoms. The summed E-state index contributed by atoms with van der Waals surface area (Å²) in [5.74, 6) is -0.167. The highest BCUT2D eigenvalue weighted by Gasteiger charge is 2.09. The van der Waals surface area contributed by atoms with Gasteiger partial charge >= 0.3 is 5.97 Å². The van der Waals surface area contributed by atoms with Crippen molar-refractivity contribution in [2.45, 2.75) is 13.3 Å². The van der Waals surface area contributed by atoms with Crippen molar-refractivity contribution in [2.24, 2.45) is 0 Å². The number of ether oxygens (including phenoxy) is 2. The summed E-state index contributed by atoms with van der Waals surface area (Å²) in [5, 5.41) is 2.71. The van der Waals surface area contributed by atoms with Crippen molar-refractivity contribution in [1.82, 2.24) is 0 Å². The Hall–Kier alpha value is -2.34. The Balaban J connectivity index is 1.68. The van der Waals surface area contributed by atoms with E-state index in [0.29, 0.717) is 11.4 Å². The first-order valence-corrected chi connectivity index (χ1v) is 8.23. The summed E-state index contributed by atoms with van der Waals surface area (Å²) < 4.78 is 11.3. The van der Waals surface area contributed by atoms with Crippen LogP contribution in [0.4, 0.5) is 5.69 Å². The highest BCUT2D eigenvalue weighted by atomic mass is 79.9. The molecule has 24 heavy (non-hydrogen) atoms. The quantitative estimate of drug-likeness (QED) is 0.730. The number of para-hydroxylation sites is 1. The zero-order valence-electron chi connectivity index (χ0n) is 13.3. The van der Waals surface area contributed by atoms with Crippen LogP contribution in [0.2, 0.25) is 0 Å². The number of amides is 1. The van der Waals surface area contributed by atoms with Gasteiger partial charge in [0.15, 0.2) is 6.61 Å². The van der Waals surface area contributed by atoms with Crippen LogP contribution >= 0.6 is 15.9 Å². The van der Waals surface area contributed by atoms with E-state index in [9.17, 15) is 9.59 Å². The summed E-state index contributed by atoms with van der Waals surface area (Å²) in [7, 11) is 0. The number of halogens is 1. The van der Waals surface area contributed by atoms with Crippen LogP contribution in [-0.2, 0) is 14.3 Å². The molecule has 0 fully saturated rings. The van der Waals surface area contributed by atoms with Gasteiger partial charge in [-0.15, -0.1) is 0 Å². The van der Waals surface area contributed by atoms with Crippen LogP contribution in [0, 0.1) is 6.92 Å². The van der Waals surface area contributed by atoms with Gasteiger partial charge in [0, 0.05) is 10.2 Å². The maximum atomic E-state index is 11.8. The average molecular weight is 392 g/mol. The maximum absolute atomic E-state index is 11.8. The van der Waals surface area contributed by atoms with E-state index in [1.54, 1.807) is 18.2 Å².